The standard InChI is InChI=1S/C14H17ClN2O3/c1-7-3-10(11(4-7)14(19)20)13(18)17-9-5-8(2)12(15)16-6-9/h5-7,10-11H,3-4H2,1-2H3,(H,17,18)(H,19,20). The van der Waals surface area contributed by atoms with Gasteiger partial charge in [-0.05, 0) is 37.3 Å². The van der Waals surface area contributed by atoms with Crippen molar-refractivity contribution < 1.29 is 14.7 Å². The quantitative estimate of drug-likeness (QED) is 0.841. The zero-order valence-electron chi connectivity index (χ0n) is 11.4. The van der Waals surface area contributed by atoms with E-state index in [1.807, 2.05) is 6.92 Å². The lowest BCUT2D eigenvalue weighted by atomic mass is 9.95. The molecule has 0 spiro atoms. The van der Waals surface area contributed by atoms with Crippen molar-refractivity contribution in [3.8, 4) is 0 Å². The molecule has 6 heteroatoms. The first-order valence-corrected chi connectivity index (χ1v) is 6.92. The number of aromatic nitrogens is 1. The molecule has 1 heterocycles. The second kappa shape index (κ2) is 5.79. The van der Waals surface area contributed by atoms with Gasteiger partial charge in [-0.1, -0.05) is 18.5 Å². The van der Waals surface area contributed by atoms with Crippen LogP contribution in [0.2, 0.25) is 5.15 Å². The van der Waals surface area contributed by atoms with Gasteiger partial charge in [-0.2, -0.15) is 0 Å². The molecule has 1 aliphatic carbocycles. The predicted octanol–water partition coefficient (Wildman–Crippen LogP) is 2.73. The van der Waals surface area contributed by atoms with Crippen LogP contribution in [0.5, 0.6) is 0 Å². The lowest BCUT2D eigenvalue weighted by Gasteiger charge is -2.15. The summed E-state index contributed by atoms with van der Waals surface area (Å²) < 4.78 is 0. The van der Waals surface area contributed by atoms with Crippen molar-refractivity contribution in [1.29, 1.82) is 0 Å². The number of halogens is 1. The first-order valence-electron chi connectivity index (χ1n) is 6.54. The molecule has 1 aromatic rings. The van der Waals surface area contributed by atoms with Gasteiger partial charge in [0.05, 0.1) is 23.7 Å². The SMILES string of the molecule is Cc1cc(NC(=O)C2CC(C)CC2C(=O)O)cnc1Cl. The largest absolute Gasteiger partial charge is 0.481 e. The zero-order valence-corrected chi connectivity index (χ0v) is 12.1. The Labute approximate surface area is 122 Å². The van der Waals surface area contributed by atoms with Gasteiger partial charge in [0, 0.05) is 0 Å². The molecule has 0 saturated heterocycles. The van der Waals surface area contributed by atoms with Crippen LogP contribution in [0.3, 0.4) is 0 Å². The molecular formula is C14H17ClN2O3. The highest BCUT2D eigenvalue weighted by Gasteiger charge is 2.41. The molecule has 5 nitrogen and oxygen atoms in total. The van der Waals surface area contributed by atoms with Crippen molar-refractivity contribution in [2.45, 2.75) is 26.7 Å². The summed E-state index contributed by atoms with van der Waals surface area (Å²) in [5, 5.41) is 12.3. The van der Waals surface area contributed by atoms with E-state index in [1.54, 1.807) is 13.0 Å². The lowest BCUT2D eigenvalue weighted by molar-refractivity contribution is -0.145. The average molecular weight is 297 g/mol. The van der Waals surface area contributed by atoms with Crippen molar-refractivity contribution in [3.05, 3.63) is 23.0 Å². The summed E-state index contributed by atoms with van der Waals surface area (Å²) in [6, 6.07) is 1.72. The second-order valence-corrected chi connectivity index (χ2v) is 5.81. The minimum absolute atomic E-state index is 0.247. The molecule has 3 atom stereocenters. The Morgan fingerprint density at radius 2 is 2.05 bits per heavy atom. The number of amides is 1. The average Bonchev–Trinajstić information content (AvgIpc) is 2.76. The number of hydrogen-bond acceptors (Lipinski definition) is 3. The summed E-state index contributed by atoms with van der Waals surface area (Å²) in [5.41, 5.74) is 1.31. The van der Waals surface area contributed by atoms with Gasteiger partial charge in [0.25, 0.3) is 0 Å². The third-order valence-corrected chi connectivity index (χ3v) is 4.13. The molecule has 2 N–H and O–H groups in total. The number of carbonyl (C=O) groups is 2. The van der Waals surface area contributed by atoms with Crippen molar-refractivity contribution in [2.75, 3.05) is 5.32 Å². The number of carbonyl (C=O) groups excluding carboxylic acids is 1. The van der Waals surface area contributed by atoms with Crippen molar-refractivity contribution in [2.24, 2.45) is 17.8 Å². The minimum atomic E-state index is -0.903. The zero-order chi connectivity index (χ0) is 14.9. The molecule has 0 aliphatic heterocycles. The van der Waals surface area contributed by atoms with Crippen molar-refractivity contribution >= 4 is 29.2 Å². The Hall–Kier alpha value is -1.62. The molecule has 20 heavy (non-hydrogen) atoms. The van der Waals surface area contributed by atoms with Gasteiger partial charge in [0.1, 0.15) is 5.15 Å². The van der Waals surface area contributed by atoms with Crippen LogP contribution in [-0.2, 0) is 9.59 Å². The van der Waals surface area contributed by atoms with Gasteiger partial charge in [-0.3, -0.25) is 9.59 Å². The third-order valence-electron chi connectivity index (χ3n) is 3.73. The summed E-state index contributed by atoms with van der Waals surface area (Å²) in [7, 11) is 0. The molecule has 1 fully saturated rings. The fourth-order valence-corrected chi connectivity index (χ4v) is 2.82. The molecule has 0 bridgehead atoms. The number of rotatable bonds is 3. The summed E-state index contributed by atoms with van der Waals surface area (Å²) in [4.78, 5) is 27.4. The summed E-state index contributed by atoms with van der Waals surface area (Å²) in [6.07, 6.45) is 2.62. The Bertz CT molecular complexity index is 547. The molecule has 1 aromatic heterocycles. The van der Waals surface area contributed by atoms with Gasteiger partial charge in [-0.15, -0.1) is 0 Å². The van der Waals surface area contributed by atoms with Gasteiger partial charge in [0.2, 0.25) is 5.91 Å². The normalized spacial score (nSPS) is 25.4. The number of anilines is 1. The molecular weight excluding hydrogens is 280 g/mol. The van der Waals surface area contributed by atoms with E-state index in [4.69, 9.17) is 11.6 Å². The molecule has 1 amide bonds. The highest BCUT2D eigenvalue weighted by molar-refractivity contribution is 6.30. The number of aryl methyl sites for hydroxylation is 1. The molecule has 1 aliphatic rings. The van der Waals surface area contributed by atoms with E-state index in [0.717, 1.165) is 5.56 Å². The van der Waals surface area contributed by atoms with Crippen molar-refractivity contribution in [3.63, 3.8) is 0 Å². The molecule has 108 valence electrons. The first kappa shape index (κ1) is 14.8. The van der Waals surface area contributed by atoms with Gasteiger partial charge in [0.15, 0.2) is 0 Å². The summed E-state index contributed by atoms with van der Waals surface area (Å²) >= 11 is 5.83. The molecule has 1 saturated carbocycles. The number of hydrogen-bond donors (Lipinski definition) is 2. The number of carboxylic acid groups (broad SMARTS) is 1. The van der Waals surface area contributed by atoms with E-state index >= 15 is 0 Å². The highest BCUT2D eigenvalue weighted by atomic mass is 35.5. The monoisotopic (exact) mass is 296 g/mol. The van der Waals surface area contributed by atoms with E-state index < -0.39 is 17.8 Å². The molecule has 0 radical (unpaired) electrons. The first-order chi connectivity index (χ1) is 9.38. The van der Waals surface area contributed by atoms with Crippen LogP contribution in [0.25, 0.3) is 0 Å². The maximum atomic E-state index is 12.2. The predicted molar refractivity (Wildman–Crippen MR) is 75.6 cm³/mol. The lowest BCUT2D eigenvalue weighted by Crippen LogP contribution is -2.30. The Morgan fingerprint density at radius 1 is 1.40 bits per heavy atom. The maximum absolute atomic E-state index is 12.2. The van der Waals surface area contributed by atoms with Crippen LogP contribution in [0, 0.1) is 24.7 Å². The fourth-order valence-electron chi connectivity index (χ4n) is 2.72. The van der Waals surface area contributed by atoms with Gasteiger partial charge in [-0.25, -0.2) is 4.98 Å². The molecule has 3 unspecified atom stereocenters. The van der Waals surface area contributed by atoms with Crippen LogP contribution in [-0.4, -0.2) is 22.0 Å². The number of nitrogens with zero attached hydrogens (tertiary/aromatic N) is 1. The summed E-state index contributed by atoms with van der Waals surface area (Å²) in [5.74, 6) is -2.01. The molecule has 2 rings (SSSR count). The van der Waals surface area contributed by atoms with Crippen LogP contribution in [0.4, 0.5) is 5.69 Å². The topological polar surface area (TPSA) is 79.3 Å². The van der Waals surface area contributed by atoms with Crippen LogP contribution in [0.15, 0.2) is 12.3 Å². The smallest absolute Gasteiger partial charge is 0.307 e. The van der Waals surface area contributed by atoms with Crippen LogP contribution >= 0.6 is 11.6 Å². The Kier molecular flexibility index (Phi) is 4.28. The van der Waals surface area contributed by atoms with Gasteiger partial charge < -0.3 is 10.4 Å². The number of nitrogens with one attached hydrogen (secondary N) is 1. The minimum Gasteiger partial charge on any atom is -0.481 e. The van der Waals surface area contributed by atoms with Crippen LogP contribution < -0.4 is 5.32 Å². The van der Waals surface area contributed by atoms with Gasteiger partial charge >= 0.3 is 5.97 Å². The fraction of sp³-hybridized carbons (Fsp3) is 0.500. The highest BCUT2D eigenvalue weighted by Crippen LogP contribution is 2.37. The molecule has 0 aromatic carbocycles. The Morgan fingerprint density at radius 3 is 2.65 bits per heavy atom. The van der Waals surface area contributed by atoms with E-state index in [2.05, 4.69) is 10.3 Å². The van der Waals surface area contributed by atoms with Crippen molar-refractivity contribution in [1.82, 2.24) is 4.98 Å². The van der Waals surface area contributed by atoms with E-state index in [0.29, 0.717) is 23.7 Å². The van der Waals surface area contributed by atoms with E-state index in [1.165, 1.54) is 6.20 Å². The number of pyridine rings is 1. The van der Waals surface area contributed by atoms with Crippen LogP contribution in [0.1, 0.15) is 25.3 Å². The van der Waals surface area contributed by atoms with E-state index in [9.17, 15) is 14.7 Å². The number of carboxylic acids is 1. The Balaban J connectivity index is 2.11. The summed E-state index contributed by atoms with van der Waals surface area (Å²) in [6.45, 7) is 3.76. The second-order valence-electron chi connectivity index (χ2n) is 5.45. The maximum Gasteiger partial charge on any atom is 0.307 e. The number of aliphatic carboxylic acids is 1. The van der Waals surface area contributed by atoms with E-state index in [-0.39, 0.29) is 11.8 Å². The third kappa shape index (κ3) is 3.10.